The average Bonchev–Trinajstić information content (AvgIpc) is 1.97. The second kappa shape index (κ2) is 5.18. The van der Waals surface area contributed by atoms with Crippen LogP contribution in [0.15, 0.2) is 11.8 Å². The zero-order valence-electron chi connectivity index (χ0n) is 6.11. The maximum absolute atomic E-state index is 11.0. The predicted octanol–water partition coefficient (Wildman–Crippen LogP) is 2.69. The summed E-state index contributed by atoms with van der Waals surface area (Å²) in [5, 5.41) is 0. The highest BCUT2D eigenvalue weighted by Crippen LogP contribution is 2.27. The molecule has 0 aromatic rings. The van der Waals surface area contributed by atoms with E-state index in [1.165, 1.54) is 7.11 Å². The first-order valence-electron chi connectivity index (χ1n) is 2.83. The van der Waals surface area contributed by atoms with Gasteiger partial charge in [-0.1, -0.05) is 34.8 Å². The highest BCUT2D eigenvalue weighted by atomic mass is 35.6. The number of hydrogen-bond acceptors (Lipinski definition) is 2. The van der Waals surface area contributed by atoms with E-state index >= 15 is 0 Å². The molecule has 2 nitrogen and oxygen atoms in total. The van der Waals surface area contributed by atoms with E-state index in [2.05, 4.69) is 0 Å². The standard InChI is InChI=1S/C6H6Cl4O2/c1-12-4(3-7)2-5(11)6(8,9)10/h2H,3H2,1H3/b4-2-. The van der Waals surface area contributed by atoms with Crippen molar-refractivity contribution in [3.8, 4) is 0 Å². The molecule has 0 bridgehead atoms. The quantitative estimate of drug-likeness (QED) is 0.438. The summed E-state index contributed by atoms with van der Waals surface area (Å²) in [5.74, 6) is -0.360. The lowest BCUT2D eigenvalue weighted by Crippen LogP contribution is -2.16. The lowest BCUT2D eigenvalue weighted by atomic mass is 10.3. The van der Waals surface area contributed by atoms with Gasteiger partial charge in [-0.05, 0) is 0 Å². The number of halogens is 4. The molecule has 0 heterocycles. The van der Waals surface area contributed by atoms with E-state index in [1.807, 2.05) is 0 Å². The highest BCUT2D eigenvalue weighted by molar-refractivity contribution is 6.77. The number of alkyl halides is 4. The fourth-order valence-corrected chi connectivity index (χ4v) is 0.730. The maximum Gasteiger partial charge on any atom is 0.252 e. The lowest BCUT2D eigenvalue weighted by Gasteiger charge is -2.06. The van der Waals surface area contributed by atoms with E-state index in [0.29, 0.717) is 0 Å². The van der Waals surface area contributed by atoms with Crippen molar-refractivity contribution in [3.05, 3.63) is 11.8 Å². The molecule has 0 N–H and O–H groups in total. The number of methoxy groups -OCH3 is 1. The predicted molar refractivity (Wildman–Crippen MR) is 51.1 cm³/mol. The summed E-state index contributed by atoms with van der Waals surface area (Å²) >= 11 is 21.2. The first-order valence-corrected chi connectivity index (χ1v) is 4.50. The third kappa shape index (κ3) is 4.41. The van der Waals surface area contributed by atoms with Crippen molar-refractivity contribution in [2.45, 2.75) is 3.79 Å². The molecule has 0 fully saturated rings. The first-order chi connectivity index (χ1) is 5.41. The Kier molecular flexibility index (Phi) is 5.34. The molecule has 12 heavy (non-hydrogen) atoms. The molecular weight excluding hydrogens is 246 g/mol. The topological polar surface area (TPSA) is 26.3 Å². The first kappa shape index (κ1) is 12.4. The van der Waals surface area contributed by atoms with Crippen LogP contribution in [0.5, 0.6) is 0 Å². The lowest BCUT2D eigenvalue weighted by molar-refractivity contribution is -0.114. The van der Waals surface area contributed by atoms with E-state index in [9.17, 15) is 4.79 Å². The molecule has 0 unspecified atom stereocenters. The van der Waals surface area contributed by atoms with Crippen LogP contribution in [0.2, 0.25) is 0 Å². The van der Waals surface area contributed by atoms with Crippen LogP contribution in [0, 0.1) is 0 Å². The van der Waals surface area contributed by atoms with E-state index < -0.39 is 9.58 Å². The molecule has 70 valence electrons. The van der Waals surface area contributed by atoms with Gasteiger partial charge >= 0.3 is 0 Å². The summed E-state index contributed by atoms with van der Waals surface area (Å²) in [4.78, 5) is 11.0. The molecule has 0 aliphatic carbocycles. The van der Waals surface area contributed by atoms with Gasteiger partial charge in [0.2, 0.25) is 5.78 Å². The summed E-state index contributed by atoms with van der Waals surface area (Å²) in [6.07, 6.45) is 1.06. The molecule has 0 amide bonds. The van der Waals surface area contributed by atoms with E-state index in [1.54, 1.807) is 0 Å². The van der Waals surface area contributed by atoms with Gasteiger partial charge in [0.1, 0.15) is 5.76 Å². The maximum atomic E-state index is 11.0. The van der Waals surface area contributed by atoms with Crippen LogP contribution in [0.3, 0.4) is 0 Å². The number of carbonyl (C=O) groups excluding carboxylic acids is 1. The van der Waals surface area contributed by atoms with Crippen molar-refractivity contribution < 1.29 is 9.53 Å². The van der Waals surface area contributed by atoms with Gasteiger partial charge in [0.25, 0.3) is 3.79 Å². The van der Waals surface area contributed by atoms with Crippen LogP contribution in [0.1, 0.15) is 0 Å². The van der Waals surface area contributed by atoms with Crippen LogP contribution in [0.4, 0.5) is 0 Å². The zero-order valence-corrected chi connectivity index (χ0v) is 9.14. The molecule has 0 aliphatic rings. The van der Waals surface area contributed by atoms with Crippen molar-refractivity contribution in [2.24, 2.45) is 0 Å². The summed E-state index contributed by atoms with van der Waals surface area (Å²) in [6, 6.07) is 0. The molecule has 0 rings (SSSR count). The van der Waals surface area contributed by atoms with Crippen molar-refractivity contribution in [3.63, 3.8) is 0 Å². The average molecular weight is 252 g/mol. The Morgan fingerprint density at radius 3 is 2.25 bits per heavy atom. The third-order valence-corrected chi connectivity index (χ3v) is 1.79. The molecule has 0 spiro atoms. The largest absolute Gasteiger partial charge is 0.500 e. The van der Waals surface area contributed by atoms with Gasteiger partial charge in [-0.3, -0.25) is 4.79 Å². The van der Waals surface area contributed by atoms with Crippen LogP contribution >= 0.6 is 46.4 Å². The molecule has 0 saturated carbocycles. The van der Waals surface area contributed by atoms with Gasteiger partial charge in [-0.25, -0.2) is 0 Å². The Morgan fingerprint density at radius 1 is 1.50 bits per heavy atom. The molecule has 0 aromatic carbocycles. The minimum Gasteiger partial charge on any atom is -0.500 e. The smallest absolute Gasteiger partial charge is 0.252 e. The Morgan fingerprint density at radius 2 is 2.00 bits per heavy atom. The molecular formula is C6H6Cl4O2. The van der Waals surface area contributed by atoms with Crippen LogP contribution < -0.4 is 0 Å². The van der Waals surface area contributed by atoms with Gasteiger partial charge in [-0.15, -0.1) is 11.6 Å². The number of hydrogen-bond donors (Lipinski definition) is 0. The van der Waals surface area contributed by atoms with Gasteiger partial charge in [-0.2, -0.15) is 0 Å². The third-order valence-electron chi connectivity index (χ3n) is 0.965. The number of allylic oxidation sites excluding steroid dienone is 2. The van der Waals surface area contributed by atoms with Crippen LogP contribution in [-0.4, -0.2) is 22.6 Å². The van der Waals surface area contributed by atoms with E-state index in [-0.39, 0.29) is 11.6 Å². The van der Waals surface area contributed by atoms with Crippen molar-refractivity contribution in [2.75, 3.05) is 13.0 Å². The Bertz CT molecular complexity index is 188. The minimum absolute atomic E-state index is 0.0585. The van der Waals surface area contributed by atoms with Gasteiger partial charge in [0.05, 0.1) is 13.0 Å². The molecule has 0 aromatic heterocycles. The number of ketones is 1. The summed E-state index contributed by atoms with van der Waals surface area (Å²) in [6.45, 7) is 0. The molecule has 0 aliphatic heterocycles. The molecule has 0 atom stereocenters. The van der Waals surface area contributed by atoms with Crippen molar-refractivity contribution in [1.29, 1.82) is 0 Å². The Hall–Kier alpha value is 0.370. The molecule has 0 saturated heterocycles. The van der Waals surface area contributed by atoms with Gasteiger partial charge in [0, 0.05) is 6.08 Å². The van der Waals surface area contributed by atoms with Crippen LogP contribution in [0.25, 0.3) is 0 Å². The molecule has 0 radical (unpaired) electrons. The van der Waals surface area contributed by atoms with Crippen molar-refractivity contribution >= 4 is 52.2 Å². The normalized spacial score (nSPS) is 12.9. The minimum atomic E-state index is -1.95. The fraction of sp³-hybridized carbons (Fsp3) is 0.500. The van der Waals surface area contributed by atoms with E-state index in [4.69, 9.17) is 51.1 Å². The summed E-state index contributed by atoms with van der Waals surface area (Å²) in [7, 11) is 1.37. The highest BCUT2D eigenvalue weighted by Gasteiger charge is 2.28. The van der Waals surface area contributed by atoms with Crippen molar-refractivity contribution in [1.82, 2.24) is 0 Å². The van der Waals surface area contributed by atoms with Crippen LogP contribution in [-0.2, 0) is 9.53 Å². The number of carbonyl (C=O) groups is 1. The van der Waals surface area contributed by atoms with E-state index in [0.717, 1.165) is 6.08 Å². The fourth-order valence-electron chi connectivity index (χ4n) is 0.380. The van der Waals surface area contributed by atoms with Gasteiger partial charge < -0.3 is 4.74 Å². The number of ether oxygens (including phenoxy) is 1. The monoisotopic (exact) mass is 250 g/mol. The summed E-state index contributed by atoms with van der Waals surface area (Å²) < 4.78 is 2.75. The second-order valence-corrected chi connectivity index (χ2v) is 4.36. The second-order valence-electron chi connectivity index (χ2n) is 1.81. The number of rotatable bonds is 3. The Balaban J connectivity index is 4.42. The molecule has 6 heteroatoms. The zero-order chi connectivity index (χ0) is 9.78. The summed E-state index contributed by atoms with van der Waals surface area (Å²) in [5.41, 5.74) is 0. The Labute approximate surface area is 90.4 Å². The van der Waals surface area contributed by atoms with Gasteiger partial charge in [0.15, 0.2) is 0 Å². The SMILES string of the molecule is CO/C(=C\C(=O)C(Cl)(Cl)Cl)CCl.